The van der Waals surface area contributed by atoms with Gasteiger partial charge in [0.1, 0.15) is 0 Å². The second-order valence-corrected chi connectivity index (χ2v) is 8.36. The standard InChI is InChI=1S/C15H11F3N2O3.C7H5BrF3NO/c1-20-11-5-8(2-3-12(11)23-14(20)22)9-4-10(7-19-6-9)13(21)15(16,17)18;8-5-1-4(2-12-3-5)6(13)7(9,10)11/h2-7,13,21H,1H3;1-3,6,13H. The number of fused-ring (bicyclic) bond motifs is 1. The number of alkyl halides is 6. The van der Waals surface area contributed by atoms with Crippen LogP contribution in [0.15, 0.2) is 68.8 Å². The molecule has 0 fully saturated rings. The molecule has 7 nitrogen and oxygen atoms in total. The van der Waals surface area contributed by atoms with E-state index >= 15 is 0 Å². The van der Waals surface area contributed by atoms with Crippen molar-refractivity contribution in [2.24, 2.45) is 7.05 Å². The number of aryl methyl sites for hydroxylation is 1. The predicted molar refractivity (Wildman–Crippen MR) is 119 cm³/mol. The zero-order valence-electron chi connectivity index (χ0n) is 18.0. The highest BCUT2D eigenvalue weighted by molar-refractivity contribution is 9.10. The molecule has 0 aliphatic carbocycles. The summed E-state index contributed by atoms with van der Waals surface area (Å²) in [6, 6.07) is 7.15. The molecule has 36 heavy (non-hydrogen) atoms. The third-order valence-corrected chi connectivity index (χ3v) is 5.30. The Morgan fingerprint density at radius 2 is 1.42 bits per heavy atom. The monoisotopic (exact) mass is 579 g/mol. The number of hydrogen-bond acceptors (Lipinski definition) is 6. The zero-order chi connectivity index (χ0) is 26.8. The number of aromatic nitrogens is 3. The molecule has 2 N–H and O–H groups in total. The van der Waals surface area contributed by atoms with Crippen molar-refractivity contribution in [3.63, 3.8) is 0 Å². The number of nitrogens with zero attached hydrogens (tertiary/aromatic N) is 3. The van der Waals surface area contributed by atoms with Gasteiger partial charge in [0, 0.05) is 53.0 Å². The molecule has 3 aromatic heterocycles. The molecule has 14 heteroatoms. The maximum absolute atomic E-state index is 12.6. The molecule has 4 rings (SSSR count). The van der Waals surface area contributed by atoms with Gasteiger partial charge in [-0.3, -0.25) is 14.5 Å². The van der Waals surface area contributed by atoms with Gasteiger partial charge in [-0.1, -0.05) is 6.07 Å². The minimum atomic E-state index is -4.77. The number of oxazole rings is 1. The smallest absolute Gasteiger partial charge is 0.408 e. The second kappa shape index (κ2) is 10.4. The molecule has 2 atom stereocenters. The summed E-state index contributed by atoms with van der Waals surface area (Å²) in [4.78, 5) is 18.7. The third kappa shape index (κ3) is 6.30. The SMILES string of the molecule is Cn1c(=O)oc2ccc(-c3cncc(C(O)C(F)(F)F)c3)cc21.OC(c1cncc(Br)c1)C(F)(F)F. The summed E-state index contributed by atoms with van der Waals surface area (Å²) in [7, 11) is 1.53. The van der Waals surface area contributed by atoms with Crippen molar-refractivity contribution >= 4 is 27.0 Å². The van der Waals surface area contributed by atoms with Crippen LogP contribution in [0.5, 0.6) is 0 Å². The average molecular weight is 580 g/mol. The summed E-state index contributed by atoms with van der Waals surface area (Å²) in [5, 5.41) is 18.1. The van der Waals surface area contributed by atoms with Crippen molar-refractivity contribution in [1.29, 1.82) is 0 Å². The molecule has 1 aromatic carbocycles. The van der Waals surface area contributed by atoms with E-state index < -0.39 is 30.3 Å². The van der Waals surface area contributed by atoms with Gasteiger partial charge in [-0.05, 0) is 45.8 Å². The maximum Gasteiger partial charge on any atom is 0.419 e. The van der Waals surface area contributed by atoms with Crippen LogP contribution in [0.1, 0.15) is 23.3 Å². The summed E-state index contributed by atoms with van der Waals surface area (Å²) < 4.78 is 80.4. The lowest BCUT2D eigenvalue weighted by atomic mass is 10.0. The normalized spacial score (nSPS) is 13.7. The molecule has 4 aromatic rings. The van der Waals surface area contributed by atoms with Crippen molar-refractivity contribution in [2.45, 2.75) is 24.6 Å². The summed E-state index contributed by atoms with van der Waals surface area (Å²) in [6.07, 6.45) is -9.83. The molecule has 0 saturated heterocycles. The van der Waals surface area contributed by atoms with Crippen molar-refractivity contribution in [3.05, 3.63) is 81.3 Å². The Bertz CT molecular complexity index is 1420. The van der Waals surface area contributed by atoms with E-state index in [1.54, 1.807) is 18.2 Å². The highest BCUT2D eigenvalue weighted by Crippen LogP contribution is 2.34. The van der Waals surface area contributed by atoms with E-state index in [2.05, 4.69) is 25.9 Å². The topological polar surface area (TPSA) is 101 Å². The lowest BCUT2D eigenvalue weighted by Gasteiger charge is -2.15. The first kappa shape index (κ1) is 27.4. The van der Waals surface area contributed by atoms with Crippen molar-refractivity contribution in [2.75, 3.05) is 0 Å². The molecular formula is C22H16BrF6N3O4. The molecule has 0 aliphatic rings. The summed E-state index contributed by atoms with van der Waals surface area (Å²) in [6.45, 7) is 0. The number of aliphatic hydroxyl groups excluding tert-OH is 2. The lowest BCUT2D eigenvalue weighted by molar-refractivity contribution is -0.207. The van der Waals surface area contributed by atoms with Gasteiger partial charge in [-0.25, -0.2) is 4.79 Å². The first-order chi connectivity index (χ1) is 16.7. The molecule has 0 saturated carbocycles. The van der Waals surface area contributed by atoms with Gasteiger partial charge in [0.25, 0.3) is 0 Å². The minimum absolute atomic E-state index is 0.276. The van der Waals surface area contributed by atoms with Crippen LogP contribution in [0, 0.1) is 0 Å². The summed E-state index contributed by atoms with van der Waals surface area (Å²) in [5.41, 5.74) is 1.20. The van der Waals surface area contributed by atoms with E-state index in [0.29, 0.717) is 26.7 Å². The Labute approximate surface area is 206 Å². The molecule has 3 heterocycles. The van der Waals surface area contributed by atoms with Gasteiger partial charge in [-0.2, -0.15) is 26.3 Å². The number of hydrogen-bond donors (Lipinski definition) is 2. The van der Waals surface area contributed by atoms with Crippen LogP contribution in [0.3, 0.4) is 0 Å². The highest BCUT2D eigenvalue weighted by Gasteiger charge is 2.40. The van der Waals surface area contributed by atoms with Crippen LogP contribution >= 0.6 is 15.9 Å². The molecule has 0 amide bonds. The van der Waals surface area contributed by atoms with Crippen molar-refractivity contribution in [3.8, 4) is 11.1 Å². The van der Waals surface area contributed by atoms with Gasteiger partial charge in [-0.15, -0.1) is 0 Å². The molecule has 0 radical (unpaired) electrons. The third-order valence-electron chi connectivity index (χ3n) is 4.86. The summed E-state index contributed by atoms with van der Waals surface area (Å²) in [5.74, 6) is -0.531. The Kier molecular flexibility index (Phi) is 7.91. The molecule has 2 unspecified atom stereocenters. The van der Waals surface area contributed by atoms with Crippen LogP contribution < -0.4 is 5.76 Å². The predicted octanol–water partition coefficient (Wildman–Crippen LogP) is 5.23. The Morgan fingerprint density at radius 3 is 1.97 bits per heavy atom. The molecule has 0 spiro atoms. The van der Waals surface area contributed by atoms with E-state index in [4.69, 9.17) is 9.52 Å². The maximum atomic E-state index is 12.6. The number of benzene rings is 1. The van der Waals surface area contributed by atoms with Gasteiger partial charge >= 0.3 is 18.1 Å². The van der Waals surface area contributed by atoms with Crippen molar-refractivity contribution < 1.29 is 41.0 Å². The van der Waals surface area contributed by atoms with E-state index in [9.17, 15) is 36.2 Å². The van der Waals surface area contributed by atoms with Crippen LogP contribution in [0.25, 0.3) is 22.2 Å². The highest BCUT2D eigenvalue weighted by atomic mass is 79.9. The summed E-state index contributed by atoms with van der Waals surface area (Å²) >= 11 is 2.96. The Hall–Kier alpha value is -3.23. The Balaban J connectivity index is 0.000000236. The van der Waals surface area contributed by atoms with Crippen LogP contribution in [-0.2, 0) is 7.05 Å². The van der Waals surface area contributed by atoms with Gasteiger partial charge < -0.3 is 14.6 Å². The largest absolute Gasteiger partial charge is 0.419 e. The number of rotatable bonds is 3. The molecular weight excluding hydrogens is 564 g/mol. The van der Waals surface area contributed by atoms with Gasteiger partial charge in [0.2, 0.25) is 0 Å². The minimum Gasteiger partial charge on any atom is -0.408 e. The quantitative estimate of drug-likeness (QED) is 0.322. The fourth-order valence-electron chi connectivity index (χ4n) is 3.03. The van der Waals surface area contributed by atoms with Crippen LogP contribution in [0.2, 0.25) is 0 Å². The van der Waals surface area contributed by atoms with Crippen LogP contribution in [-0.4, -0.2) is 37.1 Å². The first-order valence-electron chi connectivity index (χ1n) is 9.83. The molecule has 0 bridgehead atoms. The van der Waals surface area contributed by atoms with E-state index in [1.165, 1.54) is 36.1 Å². The fraction of sp³-hybridized carbons (Fsp3) is 0.227. The molecule has 0 aliphatic heterocycles. The second-order valence-electron chi connectivity index (χ2n) is 7.44. The Morgan fingerprint density at radius 1 is 0.861 bits per heavy atom. The van der Waals surface area contributed by atoms with Gasteiger partial charge in [0.05, 0.1) is 5.52 Å². The van der Waals surface area contributed by atoms with E-state index in [-0.39, 0.29) is 11.1 Å². The van der Waals surface area contributed by atoms with Crippen LogP contribution in [0.4, 0.5) is 26.3 Å². The molecule has 192 valence electrons. The number of halogens is 7. The van der Waals surface area contributed by atoms with E-state index in [0.717, 1.165) is 12.4 Å². The lowest BCUT2D eigenvalue weighted by Crippen LogP contribution is -2.20. The zero-order valence-corrected chi connectivity index (χ0v) is 19.6. The number of aliphatic hydroxyl groups is 2. The average Bonchev–Trinajstić information content (AvgIpc) is 3.10. The first-order valence-corrected chi connectivity index (χ1v) is 10.6. The van der Waals surface area contributed by atoms with Crippen molar-refractivity contribution in [1.82, 2.24) is 14.5 Å². The van der Waals surface area contributed by atoms with E-state index in [1.807, 2.05) is 0 Å². The number of pyridine rings is 2. The van der Waals surface area contributed by atoms with Gasteiger partial charge in [0.15, 0.2) is 17.8 Å². The fourth-order valence-corrected chi connectivity index (χ4v) is 3.41.